The van der Waals surface area contributed by atoms with Crippen LogP contribution >= 0.6 is 15.9 Å². The van der Waals surface area contributed by atoms with E-state index >= 15 is 0 Å². The van der Waals surface area contributed by atoms with Gasteiger partial charge in [-0.3, -0.25) is 0 Å². The maximum Gasteiger partial charge on any atom is 0.0320 e. The van der Waals surface area contributed by atoms with Gasteiger partial charge in [-0.15, -0.1) is 0 Å². The maximum absolute atomic E-state index is 3.87. The highest BCUT2D eigenvalue weighted by molar-refractivity contribution is 9.10. The number of benzene rings is 1. The van der Waals surface area contributed by atoms with E-state index in [9.17, 15) is 0 Å². The predicted octanol–water partition coefficient (Wildman–Crippen LogP) is 4.92. The number of hydrogen-bond acceptors (Lipinski definition) is 1. The quantitative estimate of drug-likeness (QED) is 0.832. The first-order valence-electron chi connectivity index (χ1n) is 7.13. The van der Waals surface area contributed by atoms with Crippen molar-refractivity contribution in [3.63, 3.8) is 0 Å². The second-order valence-corrected chi connectivity index (χ2v) is 6.62. The first kappa shape index (κ1) is 14.1. The van der Waals surface area contributed by atoms with Crippen molar-refractivity contribution in [2.24, 2.45) is 11.8 Å². The fourth-order valence-corrected chi connectivity index (χ4v) is 3.45. The Morgan fingerprint density at radius 2 is 2.11 bits per heavy atom. The van der Waals surface area contributed by atoms with Crippen LogP contribution in [0.15, 0.2) is 28.7 Å². The molecule has 0 spiro atoms. The second-order valence-electron chi connectivity index (χ2n) is 5.70. The van der Waals surface area contributed by atoms with Gasteiger partial charge in [-0.05, 0) is 48.8 Å². The molecular weight excluding hydrogens is 286 g/mol. The molecule has 0 saturated heterocycles. The Labute approximate surface area is 119 Å². The van der Waals surface area contributed by atoms with Crippen LogP contribution in [-0.4, -0.2) is 6.04 Å². The van der Waals surface area contributed by atoms with Crippen molar-refractivity contribution in [3.8, 4) is 0 Å². The van der Waals surface area contributed by atoms with Crippen LogP contribution in [0.1, 0.15) is 51.6 Å². The van der Waals surface area contributed by atoms with Crippen molar-refractivity contribution in [2.75, 3.05) is 0 Å². The molecule has 4 unspecified atom stereocenters. The monoisotopic (exact) mass is 309 g/mol. The largest absolute Gasteiger partial charge is 0.307 e. The number of hydrogen-bond donors (Lipinski definition) is 1. The lowest BCUT2D eigenvalue weighted by Crippen LogP contribution is -2.35. The third kappa shape index (κ3) is 3.16. The normalized spacial score (nSPS) is 29.4. The lowest BCUT2D eigenvalue weighted by molar-refractivity contribution is 0.335. The SMILES string of the molecule is CCC(NC1CCC(C)C1C)c1cccc(Br)c1. The summed E-state index contributed by atoms with van der Waals surface area (Å²) in [4.78, 5) is 0. The molecule has 1 N–H and O–H groups in total. The van der Waals surface area contributed by atoms with Crippen LogP contribution < -0.4 is 5.32 Å². The third-order valence-corrected chi connectivity index (χ3v) is 5.03. The molecule has 1 aliphatic carbocycles. The molecule has 18 heavy (non-hydrogen) atoms. The average Bonchev–Trinajstić information content (AvgIpc) is 2.67. The van der Waals surface area contributed by atoms with Crippen LogP contribution in [0.3, 0.4) is 0 Å². The van der Waals surface area contributed by atoms with E-state index in [1.165, 1.54) is 22.9 Å². The highest BCUT2D eigenvalue weighted by Crippen LogP contribution is 2.33. The maximum atomic E-state index is 3.87. The van der Waals surface area contributed by atoms with Crippen molar-refractivity contribution in [1.82, 2.24) is 5.32 Å². The summed E-state index contributed by atoms with van der Waals surface area (Å²) < 4.78 is 1.17. The van der Waals surface area contributed by atoms with Gasteiger partial charge in [-0.25, -0.2) is 0 Å². The van der Waals surface area contributed by atoms with E-state index in [0.29, 0.717) is 12.1 Å². The van der Waals surface area contributed by atoms with Crippen molar-refractivity contribution in [1.29, 1.82) is 0 Å². The predicted molar refractivity (Wildman–Crippen MR) is 81.7 cm³/mol. The van der Waals surface area contributed by atoms with Crippen LogP contribution in [0.25, 0.3) is 0 Å². The smallest absolute Gasteiger partial charge is 0.0320 e. The number of halogens is 1. The minimum atomic E-state index is 0.486. The fraction of sp³-hybridized carbons (Fsp3) is 0.625. The Morgan fingerprint density at radius 3 is 2.67 bits per heavy atom. The topological polar surface area (TPSA) is 12.0 Å². The Balaban J connectivity index is 2.06. The minimum absolute atomic E-state index is 0.486. The molecule has 2 rings (SSSR count). The molecule has 1 saturated carbocycles. The first-order valence-corrected chi connectivity index (χ1v) is 7.92. The lowest BCUT2D eigenvalue weighted by atomic mass is 9.96. The summed E-state index contributed by atoms with van der Waals surface area (Å²) in [6.45, 7) is 7.04. The van der Waals surface area contributed by atoms with E-state index in [2.05, 4.69) is 66.3 Å². The molecule has 1 fully saturated rings. The molecule has 100 valence electrons. The summed E-state index contributed by atoms with van der Waals surface area (Å²) in [6, 6.07) is 9.87. The van der Waals surface area contributed by atoms with Gasteiger partial charge in [-0.2, -0.15) is 0 Å². The Kier molecular flexibility index (Phi) is 4.85. The molecule has 1 aromatic rings. The molecular formula is C16H24BrN. The number of nitrogens with one attached hydrogen (secondary N) is 1. The Hall–Kier alpha value is -0.340. The van der Waals surface area contributed by atoms with Crippen LogP contribution in [-0.2, 0) is 0 Å². The van der Waals surface area contributed by atoms with Crippen LogP contribution in [0, 0.1) is 11.8 Å². The van der Waals surface area contributed by atoms with Gasteiger partial charge in [0.25, 0.3) is 0 Å². The van der Waals surface area contributed by atoms with Crippen molar-refractivity contribution < 1.29 is 0 Å². The summed E-state index contributed by atoms with van der Waals surface area (Å²) in [5.74, 6) is 1.66. The van der Waals surface area contributed by atoms with Gasteiger partial charge in [0, 0.05) is 16.6 Å². The van der Waals surface area contributed by atoms with Crippen molar-refractivity contribution in [3.05, 3.63) is 34.3 Å². The molecule has 0 radical (unpaired) electrons. The van der Waals surface area contributed by atoms with E-state index in [1.807, 2.05) is 0 Å². The van der Waals surface area contributed by atoms with E-state index < -0.39 is 0 Å². The summed E-state index contributed by atoms with van der Waals surface area (Å²) in [7, 11) is 0. The third-order valence-electron chi connectivity index (χ3n) is 4.54. The molecule has 0 amide bonds. The highest BCUT2D eigenvalue weighted by atomic mass is 79.9. The standard InChI is InChI=1S/C16H24BrN/c1-4-15(13-6-5-7-14(17)10-13)18-16-9-8-11(2)12(16)3/h5-7,10-12,15-16,18H,4,8-9H2,1-3H3. The fourth-order valence-electron chi connectivity index (χ4n) is 3.03. The van der Waals surface area contributed by atoms with Gasteiger partial charge in [0.05, 0.1) is 0 Å². The molecule has 4 atom stereocenters. The summed E-state index contributed by atoms with van der Waals surface area (Å²) in [5, 5.41) is 3.87. The second kappa shape index (κ2) is 6.21. The molecule has 1 aromatic carbocycles. The summed E-state index contributed by atoms with van der Waals surface area (Å²) in [5.41, 5.74) is 1.40. The highest BCUT2D eigenvalue weighted by Gasteiger charge is 2.30. The van der Waals surface area contributed by atoms with Crippen LogP contribution in [0.2, 0.25) is 0 Å². The molecule has 0 bridgehead atoms. The van der Waals surface area contributed by atoms with Gasteiger partial charge >= 0.3 is 0 Å². The van der Waals surface area contributed by atoms with E-state index in [0.717, 1.165) is 18.3 Å². The molecule has 0 heterocycles. The first-order chi connectivity index (χ1) is 8.61. The zero-order chi connectivity index (χ0) is 13.1. The van der Waals surface area contributed by atoms with Crippen LogP contribution in [0.4, 0.5) is 0 Å². The van der Waals surface area contributed by atoms with Gasteiger partial charge in [-0.1, -0.05) is 48.8 Å². The zero-order valence-electron chi connectivity index (χ0n) is 11.6. The zero-order valence-corrected chi connectivity index (χ0v) is 13.2. The van der Waals surface area contributed by atoms with E-state index in [-0.39, 0.29) is 0 Å². The minimum Gasteiger partial charge on any atom is -0.307 e. The molecule has 1 aliphatic rings. The molecule has 1 nitrogen and oxygen atoms in total. The average molecular weight is 310 g/mol. The van der Waals surface area contributed by atoms with E-state index in [1.54, 1.807) is 0 Å². The van der Waals surface area contributed by atoms with Gasteiger partial charge in [0.2, 0.25) is 0 Å². The van der Waals surface area contributed by atoms with E-state index in [4.69, 9.17) is 0 Å². The molecule has 2 heteroatoms. The van der Waals surface area contributed by atoms with Crippen molar-refractivity contribution in [2.45, 2.75) is 52.1 Å². The Bertz CT molecular complexity index is 390. The Morgan fingerprint density at radius 1 is 1.33 bits per heavy atom. The van der Waals surface area contributed by atoms with Crippen LogP contribution in [0.5, 0.6) is 0 Å². The van der Waals surface area contributed by atoms with Gasteiger partial charge < -0.3 is 5.32 Å². The molecule has 0 aromatic heterocycles. The van der Waals surface area contributed by atoms with Gasteiger partial charge in [0.15, 0.2) is 0 Å². The number of rotatable bonds is 4. The lowest BCUT2D eigenvalue weighted by Gasteiger charge is -2.26. The molecule has 0 aliphatic heterocycles. The van der Waals surface area contributed by atoms with Gasteiger partial charge in [0.1, 0.15) is 0 Å². The summed E-state index contributed by atoms with van der Waals surface area (Å²) >= 11 is 3.57. The van der Waals surface area contributed by atoms with Crippen molar-refractivity contribution >= 4 is 15.9 Å². The summed E-state index contributed by atoms with van der Waals surface area (Å²) in [6.07, 6.45) is 3.84.